The smallest absolute Gasteiger partial charge is 0.268 e. The van der Waals surface area contributed by atoms with Crippen LogP contribution in [0.25, 0.3) is 11.1 Å². The summed E-state index contributed by atoms with van der Waals surface area (Å²) in [5, 5.41) is 12.7. The number of benzene rings is 3. The number of aliphatic hydroxyl groups excluding tert-OH is 1. The van der Waals surface area contributed by atoms with Crippen molar-refractivity contribution in [3.63, 3.8) is 0 Å². The van der Waals surface area contributed by atoms with Crippen molar-refractivity contribution in [3.8, 4) is 11.1 Å². The second-order valence-corrected chi connectivity index (χ2v) is 9.75. The number of nitrogens with zero attached hydrogens (tertiary/aromatic N) is 3. The van der Waals surface area contributed by atoms with Gasteiger partial charge in [-0.1, -0.05) is 60.7 Å². The molecule has 1 aliphatic rings. The van der Waals surface area contributed by atoms with E-state index < -0.39 is 0 Å². The molecule has 0 spiro atoms. The fourth-order valence-corrected chi connectivity index (χ4v) is 5.20. The lowest BCUT2D eigenvalue weighted by Gasteiger charge is -2.23. The zero-order valence-corrected chi connectivity index (χ0v) is 21.8. The van der Waals surface area contributed by atoms with Gasteiger partial charge in [0.05, 0.1) is 19.7 Å². The highest BCUT2D eigenvalue weighted by Gasteiger charge is 2.27. The first-order valence-corrected chi connectivity index (χ1v) is 13.2. The summed E-state index contributed by atoms with van der Waals surface area (Å²) < 4.78 is 1.99. The first-order valence-electron chi connectivity index (χ1n) is 13.2. The van der Waals surface area contributed by atoms with Crippen LogP contribution in [0, 0.1) is 0 Å². The van der Waals surface area contributed by atoms with Gasteiger partial charge in [0, 0.05) is 35.9 Å². The van der Waals surface area contributed by atoms with Crippen LogP contribution in [0.1, 0.15) is 43.2 Å². The van der Waals surface area contributed by atoms with E-state index in [1.54, 1.807) is 17.3 Å². The Bertz CT molecular complexity index is 1680. The number of carbonyl (C=O) groups is 2. The molecule has 0 saturated carbocycles. The molecule has 5 aromatic rings. The van der Waals surface area contributed by atoms with Crippen molar-refractivity contribution in [1.29, 1.82) is 0 Å². The van der Waals surface area contributed by atoms with Gasteiger partial charge in [-0.25, -0.2) is 0 Å². The highest BCUT2D eigenvalue weighted by molar-refractivity contribution is 6.07. The van der Waals surface area contributed by atoms with Gasteiger partial charge in [0.25, 0.3) is 11.8 Å². The van der Waals surface area contributed by atoms with Gasteiger partial charge in [-0.2, -0.15) is 0 Å². The lowest BCUT2D eigenvalue weighted by atomic mass is 9.99. The van der Waals surface area contributed by atoms with Crippen LogP contribution in [0.2, 0.25) is 0 Å². The lowest BCUT2D eigenvalue weighted by molar-refractivity contribution is 0.0941. The Hall–Kier alpha value is -5.01. The van der Waals surface area contributed by atoms with E-state index in [1.165, 1.54) is 0 Å². The molecule has 0 bridgehead atoms. The van der Waals surface area contributed by atoms with Gasteiger partial charge < -0.3 is 19.9 Å². The van der Waals surface area contributed by atoms with Crippen molar-refractivity contribution in [2.24, 2.45) is 0 Å². The summed E-state index contributed by atoms with van der Waals surface area (Å²) >= 11 is 0. The third kappa shape index (κ3) is 4.90. The van der Waals surface area contributed by atoms with Crippen LogP contribution in [0.3, 0.4) is 0 Å². The van der Waals surface area contributed by atoms with Crippen LogP contribution < -0.4 is 10.2 Å². The Balaban J connectivity index is 1.28. The normalized spacial score (nSPS) is 12.3. The number of carbonyl (C=O) groups excluding carboxylic acids is 2. The molecule has 0 atom stereocenters. The van der Waals surface area contributed by atoms with Gasteiger partial charge in [-0.15, -0.1) is 0 Å². The number of hydrogen-bond acceptors (Lipinski definition) is 4. The molecular weight excluding hydrogens is 500 g/mol. The maximum absolute atomic E-state index is 13.9. The topological polar surface area (TPSA) is 87.5 Å². The van der Waals surface area contributed by atoms with Crippen LogP contribution in [-0.4, -0.2) is 26.5 Å². The number of aliphatic hydroxyl groups is 1. The Morgan fingerprint density at radius 3 is 2.45 bits per heavy atom. The maximum Gasteiger partial charge on any atom is 0.268 e. The summed E-state index contributed by atoms with van der Waals surface area (Å²) in [5.41, 5.74) is 7.42. The van der Waals surface area contributed by atoms with E-state index in [0.29, 0.717) is 30.9 Å². The predicted octanol–water partition coefficient (Wildman–Crippen LogP) is 5.18. The third-order valence-electron chi connectivity index (χ3n) is 7.29. The largest absolute Gasteiger partial charge is 0.392 e. The molecule has 3 aromatic carbocycles. The molecule has 2 N–H and O–H groups in total. The second kappa shape index (κ2) is 11.0. The van der Waals surface area contributed by atoms with Gasteiger partial charge in [-0.05, 0) is 64.2 Å². The highest BCUT2D eigenvalue weighted by Crippen LogP contribution is 2.31. The van der Waals surface area contributed by atoms with Crippen molar-refractivity contribution in [3.05, 3.63) is 143 Å². The summed E-state index contributed by atoms with van der Waals surface area (Å²) in [6, 6.07) is 30.5. The van der Waals surface area contributed by atoms with Crippen LogP contribution in [0.15, 0.2) is 109 Å². The van der Waals surface area contributed by atoms with E-state index in [-0.39, 0.29) is 18.4 Å². The standard InChI is InChI=1S/C33H28N4O3/c38-22-27-8-1-3-9-29(27)24-11-13-25(14-12-24)33(40)37-21-28-15-16-31(32(39)35-19-23-6-5-17-34-18-23)36(28)20-26-7-2-4-10-30(26)37/h1-18,38H,19-22H2,(H,35,39). The molecule has 0 radical (unpaired) electrons. The van der Waals surface area contributed by atoms with Gasteiger partial charge in [0.1, 0.15) is 5.69 Å². The van der Waals surface area contributed by atoms with Crippen LogP contribution in [-0.2, 0) is 26.2 Å². The number of hydrogen-bond donors (Lipinski definition) is 2. The minimum atomic E-state index is -0.175. The quantitative estimate of drug-likeness (QED) is 0.318. The maximum atomic E-state index is 13.9. The first-order chi connectivity index (χ1) is 19.6. The zero-order valence-electron chi connectivity index (χ0n) is 21.8. The summed E-state index contributed by atoms with van der Waals surface area (Å²) in [7, 11) is 0. The number of fused-ring (bicyclic) bond motifs is 2. The fraction of sp³-hybridized carbons (Fsp3) is 0.121. The number of anilines is 1. The number of para-hydroxylation sites is 1. The molecule has 0 aliphatic carbocycles. The molecular formula is C33H28N4O3. The van der Waals surface area contributed by atoms with Gasteiger partial charge in [-0.3, -0.25) is 14.6 Å². The average molecular weight is 529 g/mol. The molecule has 0 saturated heterocycles. The van der Waals surface area contributed by atoms with E-state index in [9.17, 15) is 14.7 Å². The Morgan fingerprint density at radius 2 is 1.65 bits per heavy atom. The number of nitrogens with one attached hydrogen (secondary N) is 1. The number of rotatable bonds is 6. The van der Waals surface area contributed by atoms with E-state index in [2.05, 4.69) is 10.3 Å². The Kier molecular flexibility index (Phi) is 6.95. The van der Waals surface area contributed by atoms with Crippen LogP contribution >= 0.6 is 0 Å². The molecule has 2 amide bonds. The van der Waals surface area contributed by atoms with E-state index in [0.717, 1.165) is 39.2 Å². The summed E-state index contributed by atoms with van der Waals surface area (Å²) in [6.45, 7) is 1.15. The van der Waals surface area contributed by atoms with Crippen molar-refractivity contribution >= 4 is 17.5 Å². The number of pyridine rings is 1. The third-order valence-corrected chi connectivity index (χ3v) is 7.29. The predicted molar refractivity (Wildman–Crippen MR) is 154 cm³/mol. The molecule has 7 heteroatoms. The molecule has 198 valence electrons. The summed E-state index contributed by atoms with van der Waals surface area (Å²) in [4.78, 5) is 32.9. The molecule has 3 heterocycles. The Labute approximate surface area is 232 Å². The number of aromatic nitrogens is 2. The molecule has 6 rings (SSSR count). The fourth-order valence-electron chi connectivity index (χ4n) is 5.20. The minimum absolute atomic E-state index is 0.0511. The van der Waals surface area contributed by atoms with Crippen LogP contribution in [0.4, 0.5) is 5.69 Å². The van der Waals surface area contributed by atoms with Crippen molar-refractivity contribution in [2.45, 2.75) is 26.2 Å². The molecule has 40 heavy (non-hydrogen) atoms. The SMILES string of the molecule is O=C(NCc1cccnc1)c1ccc2n1Cc1ccccc1N(C(=O)c1ccc(-c3ccccc3CO)cc1)C2. The molecule has 2 aromatic heterocycles. The molecule has 1 aliphatic heterocycles. The van der Waals surface area contributed by atoms with E-state index in [4.69, 9.17) is 0 Å². The zero-order chi connectivity index (χ0) is 27.5. The average Bonchev–Trinajstić information content (AvgIpc) is 3.33. The highest BCUT2D eigenvalue weighted by atomic mass is 16.3. The lowest BCUT2D eigenvalue weighted by Crippen LogP contribution is -2.30. The first kappa shape index (κ1) is 25.3. The van der Waals surface area contributed by atoms with E-state index >= 15 is 0 Å². The van der Waals surface area contributed by atoms with Crippen molar-refractivity contribution in [2.75, 3.05) is 4.90 Å². The Morgan fingerprint density at radius 1 is 0.850 bits per heavy atom. The van der Waals surface area contributed by atoms with Crippen LogP contribution in [0.5, 0.6) is 0 Å². The van der Waals surface area contributed by atoms with Crippen molar-refractivity contribution in [1.82, 2.24) is 14.9 Å². The molecule has 7 nitrogen and oxygen atoms in total. The molecule has 0 unspecified atom stereocenters. The van der Waals surface area contributed by atoms with Crippen molar-refractivity contribution < 1.29 is 14.7 Å². The monoisotopic (exact) mass is 528 g/mol. The minimum Gasteiger partial charge on any atom is -0.392 e. The molecule has 0 fully saturated rings. The van der Waals surface area contributed by atoms with Gasteiger partial charge in [0.15, 0.2) is 0 Å². The van der Waals surface area contributed by atoms with Gasteiger partial charge >= 0.3 is 0 Å². The van der Waals surface area contributed by atoms with Gasteiger partial charge in [0.2, 0.25) is 0 Å². The second-order valence-electron chi connectivity index (χ2n) is 9.75. The van der Waals surface area contributed by atoms with E-state index in [1.807, 2.05) is 102 Å². The summed E-state index contributed by atoms with van der Waals surface area (Å²) in [6.07, 6.45) is 3.43. The number of amides is 2. The summed E-state index contributed by atoms with van der Waals surface area (Å²) in [5.74, 6) is -0.294.